The second-order valence-corrected chi connectivity index (χ2v) is 7.24. The van der Waals surface area contributed by atoms with E-state index in [2.05, 4.69) is 20.4 Å². The van der Waals surface area contributed by atoms with Crippen LogP contribution in [0.25, 0.3) is 16.9 Å². The first-order valence-corrected chi connectivity index (χ1v) is 9.90. The quantitative estimate of drug-likeness (QED) is 0.661. The van der Waals surface area contributed by atoms with Crippen LogP contribution in [0, 0.1) is 0 Å². The zero-order valence-corrected chi connectivity index (χ0v) is 16.7. The number of ether oxygens (including phenoxy) is 2. The summed E-state index contributed by atoms with van der Waals surface area (Å²) in [6.45, 7) is 2.69. The van der Waals surface area contributed by atoms with Crippen LogP contribution in [0.15, 0.2) is 36.7 Å². The van der Waals surface area contributed by atoms with Gasteiger partial charge in [-0.3, -0.25) is 4.79 Å². The summed E-state index contributed by atoms with van der Waals surface area (Å²) in [4.78, 5) is 21.3. The zero-order valence-electron chi connectivity index (χ0n) is 16.7. The lowest BCUT2D eigenvalue weighted by Crippen LogP contribution is -2.28. The van der Waals surface area contributed by atoms with Gasteiger partial charge in [-0.1, -0.05) is 0 Å². The molecule has 152 valence electrons. The third-order valence-electron chi connectivity index (χ3n) is 5.11. The van der Waals surface area contributed by atoms with E-state index in [4.69, 9.17) is 9.47 Å². The molecule has 0 saturated carbocycles. The fourth-order valence-corrected chi connectivity index (χ4v) is 3.46. The SMILES string of the molecule is COc1ccc(-c2cc3nc([C@H](C)NC(=O)CCC4CCCO4)nn3cn2)cc1. The largest absolute Gasteiger partial charge is 0.497 e. The number of hydrogen-bond acceptors (Lipinski definition) is 6. The molecule has 3 heterocycles. The highest BCUT2D eigenvalue weighted by atomic mass is 16.5. The number of amides is 1. The van der Waals surface area contributed by atoms with E-state index in [1.54, 1.807) is 18.0 Å². The minimum Gasteiger partial charge on any atom is -0.497 e. The molecule has 29 heavy (non-hydrogen) atoms. The number of carbonyl (C=O) groups excluding carboxylic acids is 1. The van der Waals surface area contributed by atoms with Crippen molar-refractivity contribution >= 4 is 11.6 Å². The summed E-state index contributed by atoms with van der Waals surface area (Å²) in [5.74, 6) is 1.34. The van der Waals surface area contributed by atoms with Crippen molar-refractivity contribution in [2.75, 3.05) is 13.7 Å². The lowest BCUT2D eigenvalue weighted by molar-refractivity contribution is -0.122. The van der Waals surface area contributed by atoms with Gasteiger partial charge in [0.2, 0.25) is 5.91 Å². The molecule has 2 atom stereocenters. The lowest BCUT2D eigenvalue weighted by atomic mass is 10.1. The number of aromatic nitrogens is 4. The van der Waals surface area contributed by atoms with E-state index >= 15 is 0 Å². The standard InChI is InChI=1S/C21H25N5O3/c1-14(23-20(27)10-9-17-4-3-11-29-17)21-24-19-12-18(22-13-26(19)25-21)15-5-7-16(28-2)8-6-15/h5-8,12-14,17H,3-4,9-11H2,1-2H3,(H,23,27)/t14-,17?/m0/s1. The topological polar surface area (TPSA) is 90.6 Å². The molecule has 0 spiro atoms. The van der Waals surface area contributed by atoms with Gasteiger partial charge < -0.3 is 14.8 Å². The van der Waals surface area contributed by atoms with Crippen molar-refractivity contribution in [2.24, 2.45) is 0 Å². The Balaban J connectivity index is 1.42. The molecule has 4 rings (SSSR count). The van der Waals surface area contributed by atoms with Gasteiger partial charge in [0.15, 0.2) is 11.5 Å². The zero-order chi connectivity index (χ0) is 20.2. The van der Waals surface area contributed by atoms with Crippen molar-refractivity contribution in [2.45, 2.75) is 44.8 Å². The minimum atomic E-state index is -0.281. The summed E-state index contributed by atoms with van der Waals surface area (Å²) < 4.78 is 12.4. The molecule has 1 aliphatic heterocycles. The van der Waals surface area contributed by atoms with Crippen molar-refractivity contribution in [1.82, 2.24) is 24.9 Å². The third kappa shape index (κ3) is 4.54. The fourth-order valence-electron chi connectivity index (χ4n) is 3.46. The predicted octanol–water partition coefficient (Wildman–Crippen LogP) is 2.94. The van der Waals surface area contributed by atoms with Gasteiger partial charge >= 0.3 is 0 Å². The number of nitrogens with zero attached hydrogens (tertiary/aromatic N) is 4. The molecule has 8 nitrogen and oxygen atoms in total. The van der Waals surface area contributed by atoms with Crippen LogP contribution in [0.3, 0.4) is 0 Å². The van der Waals surface area contributed by atoms with Crippen LogP contribution in [0.1, 0.15) is 44.5 Å². The van der Waals surface area contributed by atoms with E-state index < -0.39 is 0 Å². The van der Waals surface area contributed by atoms with E-state index in [1.807, 2.05) is 37.3 Å². The van der Waals surface area contributed by atoms with Gasteiger partial charge in [0.25, 0.3) is 0 Å². The fraction of sp³-hybridized carbons (Fsp3) is 0.429. The van der Waals surface area contributed by atoms with Gasteiger partial charge in [-0.2, -0.15) is 0 Å². The highest BCUT2D eigenvalue weighted by Gasteiger charge is 2.19. The van der Waals surface area contributed by atoms with E-state index in [-0.39, 0.29) is 18.1 Å². The Bertz CT molecular complexity index is 980. The van der Waals surface area contributed by atoms with Crippen molar-refractivity contribution < 1.29 is 14.3 Å². The van der Waals surface area contributed by atoms with E-state index in [0.29, 0.717) is 17.9 Å². The summed E-state index contributed by atoms with van der Waals surface area (Å²) in [6.07, 6.45) is 5.18. The molecule has 2 aromatic heterocycles. The van der Waals surface area contributed by atoms with E-state index in [1.165, 1.54) is 0 Å². The minimum absolute atomic E-state index is 0.0103. The van der Waals surface area contributed by atoms with Crippen molar-refractivity contribution in [3.05, 3.63) is 42.5 Å². The van der Waals surface area contributed by atoms with Gasteiger partial charge in [-0.15, -0.1) is 5.10 Å². The molecule has 3 aromatic rings. The van der Waals surface area contributed by atoms with Crippen LogP contribution in [0.2, 0.25) is 0 Å². The Labute approximate surface area is 169 Å². The molecule has 1 fully saturated rings. The Hall–Kier alpha value is -3.00. The highest BCUT2D eigenvalue weighted by Crippen LogP contribution is 2.22. The summed E-state index contributed by atoms with van der Waals surface area (Å²) in [5, 5.41) is 7.42. The molecule has 1 saturated heterocycles. The van der Waals surface area contributed by atoms with Crippen LogP contribution < -0.4 is 10.1 Å². The normalized spacial score (nSPS) is 17.4. The Morgan fingerprint density at radius 1 is 1.38 bits per heavy atom. The molecule has 0 aliphatic carbocycles. The van der Waals surface area contributed by atoms with Crippen LogP contribution in [-0.2, 0) is 9.53 Å². The monoisotopic (exact) mass is 395 g/mol. The molecule has 1 N–H and O–H groups in total. The summed E-state index contributed by atoms with van der Waals surface area (Å²) in [7, 11) is 1.64. The number of methoxy groups -OCH3 is 1. The average Bonchev–Trinajstić information content (AvgIpc) is 3.41. The molecule has 8 heteroatoms. The summed E-state index contributed by atoms with van der Waals surface area (Å²) >= 11 is 0. The Kier molecular flexibility index (Phi) is 5.71. The average molecular weight is 395 g/mol. The maximum Gasteiger partial charge on any atom is 0.220 e. The van der Waals surface area contributed by atoms with Crippen LogP contribution in [0.5, 0.6) is 5.75 Å². The van der Waals surface area contributed by atoms with Gasteiger partial charge in [0.05, 0.1) is 24.9 Å². The molecule has 1 unspecified atom stereocenters. The van der Waals surface area contributed by atoms with Crippen LogP contribution in [-0.4, -0.2) is 45.3 Å². The highest BCUT2D eigenvalue weighted by molar-refractivity contribution is 5.76. The second-order valence-electron chi connectivity index (χ2n) is 7.24. The molecular formula is C21H25N5O3. The summed E-state index contributed by atoms with van der Waals surface area (Å²) in [6, 6.07) is 9.29. The Morgan fingerprint density at radius 2 is 2.21 bits per heavy atom. The van der Waals surface area contributed by atoms with Crippen molar-refractivity contribution in [1.29, 1.82) is 0 Å². The predicted molar refractivity (Wildman–Crippen MR) is 108 cm³/mol. The van der Waals surface area contributed by atoms with Gasteiger partial charge in [-0.25, -0.2) is 14.5 Å². The number of rotatable bonds is 7. The number of nitrogens with one attached hydrogen (secondary N) is 1. The maximum absolute atomic E-state index is 12.2. The van der Waals surface area contributed by atoms with E-state index in [0.717, 1.165) is 42.9 Å². The van der Waals surface area contributed by atoms with Crippen LogP contribution in [0.4, 0.5) is 0 Å². The molecule has 0 radical (unpaired) electrons. The first-order valence-electron chi connectivity index (χ1n) is 9.90. The lowest BCUT2D eigenvalue weighted by Gasteiger charge is -2.12. The number of hydrogen-bond donors (Lipinski definition) is 1. The number of carbonyl (C=O) groups is 1. The van der Waals surface area contributed by atoms with Gasteiger partial charge in [-0.05, 0) is 50.5 Å². The van der Waals surface area contributed by atoms with Crippen molar-refractivity contribution in [3.63, 3.8) is 0 Å². The maximum atomic E-state index is 12.2. The number of fused-ring (bicyclic) bond motifs is 1. The van der Waals surface area contributed by atoms with Gasteiger partial charge in [0.1, 0.15) is 12.1 Å². The Morgan fingerprint density at radius 3 is 2.93 bits per heavy atom. The first-order chi connectivity index (χ1) is 14.1. The molecular weight excluding hydrogens is 370 g/mol. The third-order valence-corrected chi connectivity index (χ3v) is 5.11. The van der Waals surface area contributed by atoms with Gasteiger partial charge in [0, 0.05) is 24.7 Å². The molecule has 1 aromatic carbocycles. The van der Waals surface area contributed by atoms with Crippen LogP contribution >= 0.6 is 0 Å². The van der Waals surface area contributed by atoms with E-state index in [9.17, 15) is 4.79 Å². The molecule has 1 aliphatic rings. The second kappa shape index (κ2) is 8.57. The molecule has 1 amide bonds. The molecule has 0 bridgehead atoms. The number of benzene rings is 1. The smallest absolute Gasteiger partial charge is 0.220 e. The van der Waals surface area contributed by atoms with Crippen molar-refractivity contribution in [3.8, 4) is 17.0 Å². The summed E-state index contributed by atoms with van der Waals surface area (Å²) in [5.41, 5.74) is 2.45. The first kappa shape index (κ1) is 19.3.